The molecule has 2 heterocycles. The molecule has 0 saturated carbocycles. The second-order valence-corrected chi connectivity index (χ2v) is 7.30. The van der Waals surface area contributed by atoms with Crippen LogP contribution in [0.2, 0.25) is 0 Å². The molecule has 134 valence electrons. The van der Waals surface area contributed by atoms with Crippen molar-refractivity contribution in [1.29, 1.82) is 0 Å². The molecule has 1 aliphatic rings. The third-order valence-electron chi connectivity index (χ3n) is 4.06. The topological polar surface area (TPSA) is 59.0 Å². The van der Waals surface area contributed by atoms with E-state index in [2.05, 4.69) is 33.2 Å². The first-order valence-corrected chi connectivity index (χ1v) is 9.11. The van der Waals surface area contributed by atoms with E-state index in [1.165, 1.54) is 4.88 Å². The zero-order chi connectivity index (χ0) is 17.8. The van der Waals surface area contributed by atoms with Crippen LogP contribution in [0.3, 0.4) is 0 Å². The predicted octanol–water partition coefficient (Wildman–Crippen LogP) is 2.74. The SMILES string of the molecule is CN=C(NCCc1sc(C)nc1C)N(C)Cc1ccc2c(c1)OCO2. The highest BCUT2D eigenvalue weighted by Gasteiger charge is 2.15. The molecule has 0 radical (unpaired) electrons. The molecule has 0 saturated heterocycles. The number of nitrogens with zero attached hydrogens (tertiary/aromatic N) is 3. The number of nitrogens with one attached hydrogen (secondary N) is 1. The first-order valence-electron chi connectivity index (χ1n) is 8.30. The Labute approximate surface area is 152 Å². The highest BCUT2D eigenvalue weighted by Crippen LogP contribution is 2.32. The lowest BCUT2D eigenvalue weighted by Gasteiger charge is -2.22. The van der Waals surface area contributed by atoms with Crippen LogP contribution in [0.1, 0.15) is 21.1 Å². The van der Waals surface area contributed by atoms with Gasteiger partial charge in [0.2, 0.25) is 6.79 Å². The smallest absolute Gasteiger partial charge is 0.231 e. The molecule has 7 heteroatoms. The van der Waals surface area contributed by atoms with Gasteiger partial charge in [0.1, 0.15) is 0 Å². The van der Waals surface area contributed by atoms with Crippen molar-refractivity contribution in [3.8, 4) is 11.5 Å². The molecular formula is C18H24N4O2S. The van der Waals surface area contributed by atoms with Gasteiger partial charge in [0.25, 0.3) is 0 Å². The first kappa shape index (κ1) is 17.5. The van der Waals surface area contributed by atoms with Gasteiger partial charge in [0.15, 0.2) is 17.5 Å². The molecule has 0 aliphatic carbocycles. The Morgan fingerprint density at radius 2 is 2.12 bits per heavy atom. The van der Waals surface area contributed by atoms with Gasteiger partial charge >= 0.3 is 0 Å². The Kier molecular flexibility index (Phi) is 5.43. The molecule has 0 unspecified atom stereocenters. The number of hydrogen-bond donors (Lipinski definition) is 1. The summed E-state index contributed by atoms with van der Waals surface area (Å²) in [5, 5.41) is 4.55. The van der Waals surface area contributed by atoms with Gasteiger partial charge in [-0.1, -0.05) is 6.07 Å². The average molecular weight is 360 g/mol. The van der Waals surface area contributed by atoms with Gasteiger partial charge in [-0.15, -0.1) is 11.3 Å². The molecule has 25 heavy (non-hydrogen) atoms. The number of rotatable bonds is 5. The maximum absolute atomic E-state index is 5.44. The van der Waals surface area contributed by atoms with E-state index in [1.54, 1.807) is 18.4 Å². The average Bonchev–Trinajstić information content (AvgIpc) is 3.17. The third kappa shape index (κ3) is 4.22. The van der Waals surface area contributed by atoms with Gasteiger partial charge < -0.3 is 19.7 Å². The van der Waals surface area contributed by atoms with E-state index < -0.39 is 0 Å². The van der Waals surface area contributed by atoms with E-state index in [0.717, 1.165) is 53.2 Å². The second kappa shape index (κ2) is 7.74. The lowest BCUT2D eigenvalue weighted by atomic mass is 10.2. The Morgan fingerprint density at radius 3 is 2.84 bits per heavy atom. The van der Waals surface area contributed by atoms with Crippen LogP contribution in [-0.2, 0) is 13.0 Å². The Balaban J connectivity index is 1.54. The number of guanidine groups is 1. The van der Waals surface area contributed by atoms with Crippen molar-refractivity contribution >= 4 is 17.3 Å². The molecule has 0 amide bonds. The van der Waals surface area contributed by atoms with Crippen LogP contribution >= 0.6 is 11.3 Å². The summed E-state index contributed by atoms with van der Waals surface area (Å²) in [5.41, 5.74) is 2.29. The standard InChI is InChI=1S/C18H24N4O2S/c1-12-17(25-13(2)21-12)7-8-20-18(19-3)22(4)10-14-5-6-15-16(9-14)24-11-23-15/h5-6,9H,7-8,10-11H2,1-4H3,(H,19,20). The van der Waals surface area contributed by atoms with Crippen molar-refractivity contribution in [3.05, 3.63) is 39.3 Å². The number of aryl methyl sites for hydroxylation is 2. The summed E-state index contributed by atoms with van der Waals surface area (Å²) in [7, 11) is 3.84. The molecule has 3 rings (SSSR count). The van der Waals surface area contributed by atoms with Gasteiger partial charge in [0.05, 0.1) is 10.7 Å². The van der Waals surface area contributed by atoms with E-state index >= 15 is 0 Å². The summed E-state index contributed by atoms with van der Waals surface area (Å²) in [6.07, 6.45) is 0.953. The van der Waals surface area contributed by atoms with Gasteiger partial charge in [-0.2, -0.15) is 0 Å². The lowest BCUT2D eigenvalue weighted by Crippen LogP contribution is -2.39. The van der Waals surface area contributed by atoms with Crippen molar-refractivity contribution in [2.24, 2.45) is 4.99 Å². The van der Waals surface area contributed by atoms with Crippen LogP contribution in [0.15, 0.2) is 23.2 Å². The minimum Gasteiger partial charge on any atom is -0.454 e. The summed E-state index contributed by atoms with van der Waals surface area (Å²) in [6, 6.07) is 6.03. The van der Waals surface area contributed by atoms with Crippen molar-refractivity contribution in [2.45, 2.75) is 26.8 Å². The summed E-state index contributed by atoms with van der Waals surface area (Å²) < 4.78 is 10.8. The van der Waals surface area contributed by atoms with Crippen LogP contribution < -0.4 is 14.8 Å². The molecule has 1 aromatic carbocycles. The minimum atomic E-state index is 0.300. The molecule has 0 atom stereocenters. The molecule has 0 spiro atoms. The third-order valence-corrected chi connectivity index (χ3v) is 5.20. The maximum Gasteiger partial charge on any atom is 0.231 e. The van der Waals surface area contributed by atoms with Gasteiger partial charge in [0, 0.05) is 38.5 Å². The largest absolute Gasteiger partial charge is 0.454 e. The predicted molar refractivity (Wildman–Crippen MR) is 101 cm³/mol. The quantitative estimate of drug-likeness (QED) is 0.656. The summed E-state index contributed by atoms with van der Waals surface area (Å²) in [4.78, 5) is 12.3. The van der Waals surface area contributed by atoms with Crippen molar-refractivity contribution in [1.82, 2.24) is 15.2 Å². The Hall–Kier alpha value is -2.28. The van der Waals surface area contributed by atoms with E-state index in [1.807, 2.05) is 26.1 Å². The van der Waals surface area contributed by atoms with Crippen molar-refractivity contribution in [3.63, 3.8) is 0 Å². The number of hydrogen-bond acceptors (Lipinski definition) is 5. The molecule has 0 fully saturated rings. The number of aliphatic imine (C=N–C) groups is 1. The zero-order valence-electron chi connectivity index (χ0n) is 15.1. The Bertz CT molecular complexity index is 772. The molecule has 0 bridgehead atoms. The van der Waals surface area contributed by atoms with Crippen LogP contribution in [0, 0.1) is 13.8 Å². The monoisotopic (exact) mass is 360 g/mol. The first-order chi connectivity index (χ1) is 12.1. The number of aromatic nitrogens is 1. The fourth-order valence-electron chi connectivity index (χ4n) is 2.87. The number of benzene rings is 1. The normalized spacial score (nSPS) is 13.2. The van der Waals surface area contributed by atoms with E-state index in [9.17, 15) is 0 Å². The molecule has 2 aromatic rings. The van der Waals surface area contributed by atoms with Gasteiger partial charge in [-0.25, -0.2) is 4.98 Å². The van der Waals surface area contributed by atoms with Gasteiger partial charge in [-0.05, 0) is 31.5 Å². The molecule has 1 aliphatic heterocycles. The maximum atomic E-state index is 5.44. The summed E-state index contributed by atoms with van der Waals surface area (Å²) in [5.74, 6) is 2.49. The molecular weight excluding hydrogens is 336 g/mol. The molecule has 1 aromatic heterocycles. The van der Waals surface area contributed by atoms with E-state index in [0.29, 0.717) is 6.79 Å². The number of thiazole rings is 1. The highest BCUT2D eigenvalue weighted by molar-refractivity contribution is 7.11. The highest BCUT2D eigenvalue weighted by atomic mass is 32.1. The van der Waals surface area contributed by atoms with Crippen LogP contribution in [0.4, 0.5) is 0 Å². The number of ether oxygens (including phenoxy) is 2. The van der Waals surface area contributed by atoms with E-state index in [-0.39, 0.29) is 0 Å². The minimum absolute atomic E-state index is 0.300. The van der Waals surface area contributed by atoms with E-state index in [4.69, 9.17) is 9.47 Å². The number of fused-ring (bicyclic) bond motifs is 1. The van der Waals surface area contributed by atoms with Crippen molar-refractivity contribution < 1.29 is 9.47 Å². The Morgan fingerprint density at radius 1 is 1.32 bits per heavy atom. The summed E-state index contributed by atoms with van der Waals surface area (Å²) in [6.45, 7) is 6.00. The fourth-order valence-corrected chi connectivity index (χ4v) is 3.80. The van der Waals surface area contributed by atoms with Crippen molar-refractivity contribution in [2.75, 3.05) is 27.4 Å². The zero-order valence-corrected chi connectivity index (χ0v) is 15.9. The molecule has 6 nitrogen and oxygen atoms in total. The molecule has 1 N–H and O–H groups in total. The lowest BCUT2D eigenvalue weighted by molar-refractivity contribution is 0.174. The van der Waals surface area contributed by atoms with Gasteiger partial charge in [-0.3, -0.25) is 4.99 Å². The van der Waals surface area contributed by atoms with Crippen LogP contribution in [0.5, 0.6) is 11.5 Å². The summed E-state index contributed by atoms with van der Waals surface area (Å²) >= 11 is 1.77. The van der Waals surface area contributed by atoms with Crippen LogP contribution in [0.25, 0.3) is 0 Å². The van der Waals surface area contributed by atoms with Crippen LogP contribution in [-0.4, -0.2) is 43.3 Å². The fraction of sp³-hybridized carbons (Fsp3) is 0.444. The second-order valence-electron chi connectivity index (χ2n) is 6.01.